The number of aromatic nitrogens is 4. The lowest BCUT2D eigenvalue weighted by Crippen LogP contribution is -2.51. The molecule has 2 saturated heterocycles. The average Bonchev–Trinajstić information content (AvgIpc) is 3.22. The third-order valence-corrected chi connectivity index (χ3v) is 5.84. The predicted octanol–water partition coefficient (Wildman–Crippen LogP) is 2.52. The summed E-state index contributed by atoms with van der Waals surface area (Å²) in [7, 11) is 1.88. The van der Waals surface area contributed by atoms with Crippen LogP contribution in [-0.4, -0.2) is 48.8 Å². The second kappa shape index (κ2) is 6.56. The number of anilines is 1. The third-order valence-electron chi connectivity index (χ3n) is 5.84. The molecule has 5 rings (SSSR count). The third kappa shape index (κ3) is 2.99. The van der Waals surface area contributed by atoms with E-state index in [1.165, 1.54) is 0 Å². The van der Waals surface area contributed by atoms with Gasteiger partial charge in [-0.05, 0) is 43.2 Å². The number of urea groups is 1. The number of nitrogens with zero attached hydrogens (tertiary/aromatic N) is 5. The van der Waals surface area contributed by atoms with Gasteiger partial charge in [-0.3, -0.25) is 15.0 Å². The fraction of sp³-hybridized carbons (Fsp3) is 0.400. The molecule has 0 aliphatic carbocycles. The Bertz CT molecular complexity index is 1030. The summed E-state index contributed by atoms with van der Waals surface area (Å²) in [6.45, 7) is 0. The number of hydrogen-bond donors (Lipinski definition) is 2. The minimum absolute atomic E-state index is 0.0761. The van der Waals surface area contributed by atoms with Gasteiger partial charge in [-0.25, -0.2) is 9.78 Å². The number of nitrogens with two attached hydrogens (primary N) is 1. The molecular formula is C20H23N7O. The van der Waals surface area contributed by atoms with Crippen molar-refractivity contribution in [2.75, 3.05) is 5.32 Å². The highest BCUT2D eigenvalue weighted by molar-refractivity contribution is 5.93. The molecule has 144 valence electrons. The number of aryl methyl sites for hydroxylation is 1. The molecule has 3 N–H and O–H groups in total. The number of fused-ring (bicyclic) bond motifs is 3. The highest BCUT2D eigenvalue weighted by atomic mass is 16.2. The van der Waals surface area contributed by atoms with E-state index in [2.05, 4.69) is 20.4 Å². The fourth-order valence-electron chi connectivity index (χ4n) is 4.54. The molecule has 3 aromatic rings. The minimum Gasteiger partial charge on any atom is -0.328 e. The zero-order valence-electron chi connectivity index (χ0n) is 15.7. The standard InChI is InChI=1S/C20H23N7O/c1-26-11-14(10-24-26)18-4-12-5-19(23-9-13(12)8-22-18)25-20(28)27-16-2-3-17(27)7-15(21)6-16/h4-5,8-11,15-17H,2-3,6-7,21H2,1H3,(H,23,25,28)/t15?,16-,17+. The van der Waals surface area contributed by atoms with Gasteiger partial charge in [0.2, 0.25) is 0 Å². The van der Waals surface area contributed by atoms with Crippen molar-refractivity contribution in [2.45, 2.75) is 43.8 Å². The summed E-state index contributed by atoms with van der Waals surface area (Å²) in [5, 5.41) is 9.08. The normalized spacial score (nSPS) is 23.9. The molecule has 2 bridgehead atoms. The van der Waals surface area contributed by atoms with Gasteiger partial charge in [-0.15, -0.1) is 0 Å². The summed E-state index contributed by atoms with van der Waals surface area (Å²) in [4.78, 5) is 23.7. The summed E-state index contributed by atoms with van der Waals surface area (Å²) >= 11 is 0. The van der Waals surface area contributed by atoms with Crippen LogP contribution in [0, 0.1) is 0 Å². The van der Waals surface area contributed by atoms with Gasteiger partial charge < -0.3 is 10.6 Å². The van der Waals surface area contributed by atoms with Gasteiger partial charge in [0, 0.05) is 54.7 Å². The zero-order valence-corrected chi connectivity index (χ0v) is 15.7. The molecule has 1 unspecified atom stereocenters. The second-order valence-electron chi connectivity index (χ2n) is 7.84. The molecule has 28 heavy (non-hydrogen) atoms. The van der Waals surface area contributed by atoms with E-state index in [1.807, 2.05) is 30.3 Å². The van der Waals surface area contributed by atoms with Gasteiger partial charge in [0.05, 0.1) is 11.9 Å². The first-order valence-electron chi connectivity index (χ1n) is 9.66. The lowest BCUT2D eigenvalue weighted by Gasteiger charge is -2.37. The molecule has 3 aromatic heterocycles. The van der Waals surface area contributed by atoms with Crippen molar-refractivity contribution >= 4 is 22.6 Å². The summed E-state index contributed by atoms with van der Waals surface area (Å²) in [6, 6.07) is 4.51. The van der Waals surface area contributed by atoms with Crippen molar-refractivity contribution < 1.29 is 4.79 Å². The van der Waals surface area contributed by atoms with Gasteiger partial charge in [0.1, 0.15) is 5.82 Å². The monoisotopic (exact) mass is 377 g/mol. The van der Waals surface area contributed by atoms with E-state index in [0.29, 0.717) is 5.82 Å². The maximum Gasteiger partial charge on any atom is 0.323 e. The number of hydrogen-bond acceptors (Lipinski definition) is 5. The molecule has 2 amide bonds. The van der Waals surface area contributed by atoms with Crippen LogP contribution in [0.1, 0.15) is 25.7 Å². The molecule has 8 heteroatoms. The van der Waals surface area contributed by atoms with E-state index in [4.69, 9.17) is 5.73 Å². The molecule has 3 atom stereocenters. The first-order valence-corrected chi connectivity index (χ1v) is 9.66. The van der Waals surface area contributed by atoms with Gasteiger partial charge >= 0.3 is 6.03 Å². The van der Waals surface area contributed by atoms with Gasteiger partial charge in [0.15, 0.2) is 0 Å². The fourth-order valence-corrected chi connectivity index (χ4v) is 4.54. The maximum absolute atomic E-state index is 12.9. The highest BCUT2D eigenvalue weighted by Crippen LogP contribution is 2.35. The quantitative estimate of drug-likeness (QED) is 0.714. The minimum atomic E-state index is -0.0761. The Morgan fingerprint density at radius 2 is 1.86 bits per heavy atom. The van der Waals surface area contributed by atoms with Crippen LogP contribution in [0.3, 0.4) is 0 Å². The smallest absolute Gasteiger partial charge is 0.323 e. The topological polar surface area (TPSA) is 102 Å². The Kier molecular flexibility index (Phi) is 4.01. The Labute approximate surface area is 162 Å². The van der Waals surface area contributed by atoms with Crippen molar-refractivity contribution in [1.82, 2.24) is 24.6 Å². The molecule has 0 spiro atoms. The van der Waals surface area contributed by atoms with E-state index in [9.17, 15) is 4.79 Å². The maximum atomic E-state index is 12.9. The molecule has 5 heterocycles. The number of rotatable bonds is 2. The number of carbonyl (C=O) groups is 1. The van der Waals surface area contributed by atoms with Crippen molar-refractivity contribution in [2.24, 2.45) is 12.8 Å². The number of nitrogens with one attached hydrogen (secondary N) is 1. The van der Waals surface area contributed by atoms with Crippen molar-refractivity contribution in [1.29, 1.82) is 0 Å². The lowest BCUT2D eigenvalue weighted by atomic mass is 9.99. The average molecular weight is 377 g/mol. The Morgan fingerprint density at radius 3 is 2.57 bits per heavy atom. The van der Waals surface area contributed by atoms with Crippen LogP contribution in [0.25, 0.3) is 22.0 Å². The van der Waals surface area contributed by atoms with Crippen LogP contribution in [0.15, 0.2) is 36.9 Å². The summed E-state index contributed by atoms with van der Waals surface area (Å²) in [6.07, 6.45) is 11.1. The van der Waals surface area contributed by atoms with E-state index < -0.39 is 0 Å². The van der Waals surface area contributed by atoms with E-state index in [0.717, 1.165) is 47.7 Å². The largest absolute Gasteiger partial charge is 0.328 e. The molecule has 0 saturated carbocycles. The van der Waals surface area contributed by atoms with Gasteiger partial charge in [-0.2, -0.15) is 5.10 Å². The first-order chi connectivity index (χ1) is 13.6. The van der Waals surface area contributed by atoms with Crippen LogP contribution >= 0.6 is 0 Å². The SMILES string of the molecule is Cn1cc(-c2cc3cc(NC(=O)N4[C@@H]5CC[C@H]4CC(N)C5)ncc3cn2)cn1. The predicted molar refractivity (Wildman–Crippen MR) is 107 cm³/mol. The molecule has 2 aliphatic rings. The van der Waals surface area contributed by atoms with E-state index in [1.54, 1.807) is 23.3 Å². The number of carbonyl (C=O) groups excluding carboxylic acids is 1. The Hall–Kier alpha value is -3.00. The molecule has 2 aliphatic heterocycles. The van der Waals surface area contributed by atoms with Gasteiger partial charge in [0.25, 0.3) is 0 Å². The molecular weight excluding hydrogens is 354 g/mol. The summed E-state index contributed by atoms with van der Waals surface area (Å²) in [5.74, 6) is 0.551. The molecule has 0 radical (unpaired) electrons. The Morgan fingerprint density at radius 1 is 1.11 bits per heavy atom. The van der Waals surface area contributed by atoms with Crippen LogP contribution in [-0.2, 0) is 7.05 Å². The van der Waals surface area contributed by atoms with Crippen molar-refractivity contribution in [3.63, 3.8) is 0 Å². The van der Waals surface area contributed by atoms with Crippen LogP contribution in [0.4, 0.5) is 10.6 Å². The van der Waals surface area contributed by atoms with Crippen molar-refractivity contribution in [3.05, 3.63) is 36.9 Å². The van der Waals surface area contributed by atoms with E-state index >= 15 is 0 Å². The van der Waals surface area contributed by atoms with Crippen LogP contribution < -0.4 is 11.1 Å². The first kappa shape index (κ1) is 17.1. The zero-order chi connectivity index (χ0) is 19.3. The number of piperidine rings is 1. The van der Waals surface area contributed by atoms with Crippen LogP contribution in [0.5, 0.6) is 0 Å². The summed E-state index contributed by atoms with van der Waals surface area (Å²) in [5.41, 5.74) is 7.91. The number of pyridine rings is 2. The van der Waals surface area contributed by atoms with Crippen LogP contribution in [0.2, 0.25) is 0 Å². The molecule has 2 fully saturated rings. The van der Waals surface area contributed by atoms with Crippen molar-refractivity contribution in [3.8, 4) is 11.3 Å². The Balaban J connectivity index is 1.39. The molecule has 0 aromatic carbocycles. The van der Waals surface area contributed by atoms with E-state index in [-0.39, 0.29) is 24.2 Å². The van der Waals surface area contributed by atoms with Gasteiger partial charge in [-0.1, -0.05) is 0 Å². The number of amides is 2. The highest BCUT2D eigenvalue weighted by Gasteiger charge is 2.42. The molecule has 8 nitrogen and oxygen atoms in total. The lowest BCUT2D eigenvalue weighted by molar-refractivity contribution is 0.150. The second-order valence-corrected chi connectivity index (χ2v) is 7.84. The summed E-state index contributed by atoms with van der Waals surface area (Å²) < 4.78 is 1.75.